The second-order valence-electron chi connectivity index (χ2n) is 16.3. The highest BCUT2D eigenvalue weighted by molar-refractivity contribution is 5.97. The number of ketones is 1. The summed E-state index contributed by atoms with van der Waals surface area (Å²) in [6, 6.07) is 9.61. The second kappa shape index (κ2) is 20.2. The van der Waals surface area contributed by atoms with E-state index in [9.17, 15) is 37.1 Å². The van der Waals surface area contributed by atoms with Crippen LogP contribution in [0.4, 0.5) is 13.2 Å². The molecule has 2 fully saturated rings. The van der Waals surface area contributed by atoms with Crippen LogP contribution in [0.1, 0.15) is 83.4 Å². The van der Waals surface area contributed by atoms with Gasteiger partial charge < -0.3 is 26.0 Å². The summed E-state index contributed by atoms with van der Waals surface area (Å²) in [6.45, 7) is 11.7. The minimum Gasteiger partial charge on any atom is -0.379 e. The second-order valence-corrected chi connectivity index (χ2v) is 16.3. The van der Waals surface area contributed by atoms with Crippen LogP contribution in [0.3, 0.4) is 0 Å². The molecule has 0 bridgehead atoms. The van der Waals surface area contributed by atoms with Crippen LogP contribution in [0.25, 0.3) is 0 Å². The van der Waals surface area contributed by atoms with Gasteiger partial charge in [-0.1, -0.05) is 77.1 Å². The Morgan fingerprint density at radius 2 is 1.25 bits per heavy atom. The van der Waals surface area contributed by atoms with Gasteiger partial charge in [-0.05, 0) is 73.6 Å². The van der Waals surface area contributed by atoms with Gasteiger partial charge in [0, 0.05) is 24.9 Å². The van der Waals surface area contributed by atoms with Crippen LogP contribution >= 0.6 is 0 Å². The summed E-state index contributed by atoms with van der Waals surface area (Å²) in [5, 5.41) is 11.3. The molecule has 4 N–H and O–H groups in total. The molecule has 1 saturated heterocycles. The monoisotopic (exact) mass is 785 g/mol. The molecule has 4 atom stereocenters. The molecular weight excluding hydrogens is 727 g/mol. The molecule has 4 amide bonds. The van der Waals surface area contributed by atoms with E-state index in [0.717, 1.165) is 17.7 Å². The Balaban J connectivity index is 1.56. The third-order valence-corrected chi connectivity index (χ3v) is 10.3. The van der Waals surface area contributed by atoms with E-state index in [0.29, 0.717) is 57.6 Å². The Kier molecular flexibility index (Phi) is 16.0. The van der Waals surface area contributed by atoms with Gasteiger partial charge in [-0.25, -0.2) is 0 Å². The first-order valence-corrected chi connectivity index (χ1v) is 19.7. The van der Waals surface area contributed by atoms with Gasteiger partial charge in [-0.2, -0.15) is 13.2 Å². The number of nitrogens with zero attached hydrogens (tertiary/aromatic N) is 1. The molecule has 1 aliphatic carbocycles. The molecule has 1 aliphatic heterocycles. The third kappa shape index (κ3) is 14.0. The lowest BCUT2D eigenvalue weighted by Crippen LogP contribution is -2.59. The van der Waals surface area contributed by atoms with Crippen molar-refractivity contribution >= 4 is 29.4 Å². The normalized spacial score (nSPS) is 17.7. The number of hydrogen-bond donors (Lipinski definition) is 4. The van der Waals surface area contributed by atoms with Gasteiger partial charge in [0.25, 0.3) is 0 Å². The van der Waals surface area contributed by atoms with Crippen LogP contribution in [-0.2, 0) is 47.7 Å². The van der Waals surface area contributed by atoms with E-state index in [2.05, 4.69) is 21.3 Å². The van der Waals surface area contributed by atoms with Crippen molar-refractivity contribution in [3.63, 3.8) is 0 Å². The predicted molar refractivity (Wildman–Crippen MR) is 206 cm³/mol. The Hall–Kier alpha value is -4.30. The summed E-state index contributed by atoms with van der Waals surface area (Å²) in [6.07, 6.45) is -2.03. The van der Waals surface area contributed by atoms with E-state index >= 15 is 0 Å². The van der Waals surface area contributed by atoms with Crippen molar-refractivity contribution in [2.24, 2.45) is 17.3 Å². The van der Waals surface area contributed by atoms with Crippen LogP contribution in [0.15, 0.2) is 54.6 Å². The number of ether oxygens (including phenoxy) is 1. The zero-order valence-corrected chi connectivity index (χ0v) is 33.2. The van der Waals surface area contributed by atoms with Crippen LogP contribution in [0.2, 0.25) is 0 Å². The summed E-state index contributed by atoms with van der Waals surface area (Å²) in [7, 11) is 0. The number of nitrogens with one attached hydrogen (secondary N) is 4. The Bertz CT molecular complexity index is 1630. The molecule has 56 heavy (non-hydrogen) atoms. The molecule has 0 spiro atoms. The van der Waals surface area contributed by atoms with Crippen molar-refractivity contribution in [2.75, 3.05) is 32.8 Å². The molecule has 2 aromatic rings. The Morgan fingerprint density at radius 1 is 0.714 bits per heavy atom. The molecular formula is C42H58F3N5O6. The third-order valence-electron chi connectivity index (χ3n) is 10.3. The molecule has 1 heterocycles. The Labute approximate surface area is 328 Å². The fourth-order valence-electron chi connectivity index (χ4n) is 6.78. The summed E-state index contributed by atoms with van der Waals surface area (Å²) in [4.78, 5) is 70.8. The number of benzene rings is 2. The lowest BCUT2D eigenvalue weighted by atomic mass is 9.91. The maximum absolute atomic E-state index is 14.1. The van der Waals surface area contributed by atoms with E-state index in [1.165, 1.54) is 12.1 Å². The van der Waals surface area contributed by atoms with E-state index in [4.69, 9.17) is 4.74 Å². The fraction of sp³-hybridized carbons (Fsp3) is 0.595. The number of carbonyl (C=O) groups is 5. The number of aryl methyl sites for hydroxylation is 1. The van der Waals surface area contributed by atoms with Crippen molar-refractivity contribution < 1.29 is 41.9 Å². The first-order valence-electron chi connectivity index (χ1n) is 19.7. The van der Waals surface area contributed by atoms with Crippen LogP contribution < -0.4 is 21.3 Å². The first kappa shape index (κ1) is 44.4. The highest BCUT2D eigenvalue weighted by Gasteiger charge is 2.48. The number of hydrogen-bond acceptors (Lipinski definition) is 7. The Morgan fingerprint density at radius 3 is 1.82 bits per heavy atom. The van der Waals surface area contributed by atoms with Gasteiger partial charge >= 0.3 is 6.18 Å². The molecule has 2 aliphatic rings. The molecule has 0 unspecified atom stereocenters. The summed E-state index contributed by atoms with van der Waals surface area (Å²) in [5.41, 5.74) is -0.0792. The minimum atomic E-state index is -4.56. The quantitative estimate of drug-likeness (QED) is 0.154. The van der Waals surface area contributed by atoms with Crippen molar-refractivity contribution in [1.29, 1.82) is 0 Å². The fourth-order valence-corrected chi connectivity index (χ4v) is 6.78. The molecule has 0 radical (unpaired) electrons. The minimum absolute atomic E-state index is 0.0596. The average molecular weight is 786 g/mol. The van der Waals surface area contributed by atoms with Crippen molar-refractivity contribution in [3.05, 3.63) is 71.3 Å². The van der Waals surface area contributed by atoms with Gasteiger partial charge in [0.2, 0.25) is 23.6 Å². The van der Waals surface area contributed by atoms with E-state index in [-0.39, 0.29) is 49.3 Å². The standard InChI is InChI=1S/C42H58F3N5O6/c1-27(2)23-33(37(52)41(5)17-18-41)47-40(55)35(25-30-11-14-31(15-12-30)42(43,44)45)49-39(54)34(24-28(3)4)48-38(53)32(16-13-29-9-7-6-8-10-29)46-36(51)26-50-19-21-56-22-20-50/h6-12,14-15,27-28,32-35H,13,16-26H2,1-5H3,(H,46,51)(H,47,55)(H,48,53)(H,49,54)/t32-,33-,34-,35-/m0/s1. The number of amides is 4. The highest BCUT2D eigenvalue weighted by atomic mass is 19.4. The molecule has 308 valence electrons. The predicted octanol–water partition coefficient (Wildman–Crippen LogP) is 4.61. The lowest BCUT2D eigenvalue weighted by Gasteiger charge is -2.29. The summed E-state index contributed by atoms with van der Waals surface area (Å²) < 4.78 is 45.4. The smallest absolute Gasteiger partial charge is 0.379 e. The van der Waals surface area contributed by atoms with Crippen LogP contribution in [0.5, 0.6) is 0 Å². The van der Waals surface area contributed by atoms with Crippen molar-refractivity contribution in [3.8, 4) is 0 Å². The maximum Gasteiger partial charge on any atom is 0.416 e. The van der Waals surface area contributed by atoms with E-state index in [1.54, 1.807) is 0 Å². The first-order chi connectivity index (χ1) is 26.4. The highest BCUT2D eigenvalue weighted by Crippen LogP contribution is 2.47. The average Bonchev–Trinajstić information content (AvgIpc) is 3.90. The molecule has 1 saturated carbocycles. The van der Waals surface area contributed by atoms with Gasteiger partial charge in [-0.3, -0.25) is 28.9 Å². The van der Waals surface area contributed by atoms with Gasteiger partial charge in [0.1, 0.15) is 18.1 Å². The number of carbonyl (C=O) groups excluding carboxylic acids is 5. The van der Waals surface area contributed by atoms with Crippen LogP contribution in [-0.4, -0.2) is 91.3 Å². The van der Waals surface area contributed by atoms with Crippen molar-refractivity contribution in [1.82, 2.24) is 26.2 Å². The number of Topliss-reactive ketones (excluding diaryl/α,β-unsaturated/α-hetero) is 1. The van der Waals surface area contributed by atoms with Gasteiger partial charge in [-0.15, -0.1) is 0 Å². The number of morpholine rings is 1. The molecule has 14 heteroatoms. The zero-order valence-electron chi connectivity index (χ0n) is 33.2. The van der Waals surface area contributed by atoms with Crippen molar-refractivity contribution in [2.45, 2.75) is 110 Å². The SMILES string of the molecule is CC(C)C[C@H](NC(=O)[C@H](CCc1ccccc1)NC(=O)CN1CCOCC1)C(=O)N[C@@H](Cc1ccc(C(F)(F)F)cc1)C(=O)N[C@@H](CC(C)C)C(=O)C1(C)CC1. The van der Waals surface area contributed by atoms with E-state index < -0.39 is 59.0 Å². The lowest BCUT2D eigenvalue weighted by molar-refractivity contribution is -0.137. The van der Waals surface area contributed by atoms with E-state index in [1.807, 2.05) is 69.9 Å². The zero-order chi connectivity index (χ0) is 41.0. The summed E-state index contributed by atoms with van der Waals surface area (Å²) in [5.74, 6) is -2.37. The molecule has 0 aromatic heterocycles. The van der Waals surface area contributed by atoms with Gasteiger partial charge in [0.15, 0.2) is 5.78 Å². The number of alkyl halides is 3. The maximum atomic E-state index is 14.1. The van der Waals surface area contributed by atoms with Crippen LogP contribution in [0, 0.1) is 17.3 Å². The molecule has 11 nitrogen and oxygen atoms in total. The summed E-state index contributed by atoms with van der Waals surface area (Å²) >= 11 is 0. The number of halogens is 3. The topological polar surface area (TPSA) is 146 Å². The molecule has 4 rings (SSSR count). The molecule has 2 aromatic carbocycles. The number of rotatable bonds is 20. The largest absolute Gasteiger partial charge is 0.416 e. The van der Waals surface area contributed by atoms with Gasteiger partial charge in [0.05, 0.1) is 31.4 Å².